The highest BCUT2D eigenvalue weighted by molar-refractivity contribution is 7.09. The molecule has 1 aromatic rings. The van der Waals surface area contributed by atoms with E-state index in [9.17, 15) is 4.79 Å². The van der Waals surface area contributed by atoms with Crippen LogP contribution in [-0.2, 0) is 11.2 Å². The molecule has 0 radical (unpaired) electrons. The Balaban J connectivity index is 1.89. The predicted molar refractivity (Wildman–Crippen MR) is 76.8 cm³/mol. The van der Waals surface area contributed by atoms with Gasteiger partial charge in [0.05, 0.1) is 17.1 Å². The van der Waals surface area contributed by atoms with E-state index >= 15 is 0 Å². The molecule has 106 valence electrons. The summed E-state index contributed by atoms with van der Waals surface area (Å²) < 4.78 is 0. The molecule has 0 saturated carbocycles. The Morgan fingerprint density at radius 3 is 2.74 bits per heavy atom. The molecule has 0 aromatic carbocycles. The molecule has 1 aromatic heterocycles. The fourth-order valence-electron chi connectivity index (χ4n) is 2.57. The van der Waals surface area contributed by atoms with Crippen LogP contribution in [0.4, 0.5) is 0 Å². The number of rotatable bonds is 5. The third-order valence-corrected chi connectivity index (χ3v) is 4.68. The molecule has 4 nitrogen and oxygen atoms in total. The summed E-state index contributed by atoms with van der Waals surface area (Å²) in [5.74, 6) is -0.414. The smallest absolute Gasteiger partial charge is 0.309 e. The highest BCUT2D eigenvalue weighted by Crippen LogP contribution is 2.22. The van der Waals surface area contributed by atoms with E-state index in [4.69, 9.17) is 5.11 Å². The minimum absolute atomic E-state index is 0.0347. The number of hydrogen-bond donors (Lipinski definition) is 1. The number of aromatic nitrogens is 1. The van der Waals surface area contributed by atoms with Gasteiger partial charge in [-0.3, -0.25) is 4.79 Å². The van der Waals surface area contributed by atoms with Crippen molar-refractivity contribution in [2.24, 2.45) is 0 Å². The highest BCUT2D eigenvalue weighted by Gasteiger charge is 2.17. The average Bonchev–Trinajstić information content (AvgIpc) is 2.66. The van der Waals surface area contributed by atoms with Crippen LogP contribution in [0, 0.1) is 0 Å². The van der Waals surface area contributed by atoms with E-state index in [1.165, 1.54) is 38.8 Å². The first kappa shape index (κ1) is 14.5. The topological polar surface area (TPSA) is 53.4 Å². The lowest BCUT2D eigenvalue weighted by Crippen LogP contribution is -2.28. The van der Waals surface area contributed by atoms with E-state index < -0.39 is 5.97 Å². The summed E-state index contributed by atoms with van der Waals surface area (Å²) in [5, 5.41) is 11.7. The van der Waals surface area contributed by atoms with Crippen molar-refractivity contribution in [3.8, 4) is 0 Å². The summed E-state index contributed by atoms with van der Waals surface area (Å²) in [6, 6.07) is 0. The van der Waals surface area contributed by atoms with Crippen LogP contribution in [0.25, 0.3) is 0 Å². The molecule has 2 rings (SSSR count). The molecule has 0 spiro atoms. The molecule has 2 heterocycles. The maximum absolute atomic E-state index is 10.7. The summed E-state index contributed by atoms with van der Waals surface area (Å²) in [4.78, 5) is 17.6. The predicted octanol–water partition coefficient (Wildman–Crippen LogP) is 2.75. The van der Waals surface area contributed by atoms with Gasteiger partial charge in [-0.25, -0.2) is 4.98 Å². The molecule has 1 saturated heterocycles. The summed E-state index contributed by atoms with van der Waals surface area (Å²) >= 11 is 1.59. The van der Waals surface area contributed by atoms with Gasteiger partial charge in [0.2, 0.25) is 0 Å². The molecular formula is C14H22N2O2S. The standard InChI is InChI=1S/C14H22N2O2S/c1-11(9-16-6-4-2-3-5-7-16)14-15-12(10-19-14)8-13(17)18/h10-11H,2-9H2,1H3,(H,17,18). The second kappa shape index (κ2) is 7.01. The molecule has 0 aliphatic carbocycles. The number of carboxylic acid groups (broad SMARTS) is 1. The number of aliphatic carboxylic acids is 1. The van der Waals surface area contributed by atoms with Crippen molar-refractivity contribution >= 4 is 17.3 Å². The van der Waals surface area contributed by atoms with Crippen LogP contribution < -0.4 is 0 Å². The Hall–Kier alpha value is -0.940. The van der Waals surface area contributed by atoms with Crippen LogP contribution in [0.5, 0.6) is 0 Å². The Kier molecular flexibility index (Phi) is 5.34. The number of nitrogens with zero attached hydrogens (tertiary/aromatic N) is 2. The maximum Gasteiger partial charge on any atom is 0.309 e. The van der Waals surface area contributed by atoms with Gasteiger partial charge < -0.3 is 10.0 Å². The maximum atomic E-state index is 10.7. The van der Waals surface area contributed by atoms with Gasteiger partial charge in [0.15, 0.2) is 0 Å². The lowest BCUT2D eigenvalue weighted by molar-refractivity contribution is -0.136. The zero-order valence-electron chi connectivity index (χ0n) is 11.5. The van der Waals surface area contributed by atoms with Gasteiger partial charge in [-0.15, -0.1) is 11.3 Å². The van der Waals surface area contributed by atoms with Crippen LogP contribution in [-0.4, -0.2) is 40.6 Å². The minimum Gasteiger partial charge on any atom is -0.481 e. The van der Waals surface area contributed by atoms with Gasteiger partial charge >= 0.3 is 5.97 Å². The normalized spacial score (nSPS) is 19.0. The summed E-state index contributed by atoms with van der Waals surface area (Å²) in [7, 11) is 0. The molecule has 1 aliphatic rings. The van der Waals surface area contributed by atoms with Gasteiger partial charge in [0.25, 0.3) is 0 Å². The quantitative estimate of drug-likeness (QED) is 0.902. The van der Waals surface area contributed by atoms with Crippen molar-refractivity contribution < 1.29 is 9.90 Å². The molecule has 0 bridgehead atoms. The first-order valence-corrected chi connectivity index (χ1v) is 7.91. The molecule has 1 N–H and O–H groups in total. The Labute approximate surface area is 118 Å². The number of carbonyl (C=O) groups is 1. The zero-order valence-corrected chi connectivity index (χ0v) is 12.3. The molecule has 1 atom stereocenters. The van der Waals surface area contributed by atoms with E-state index in [1.54, 1.807) is 11.3 Å². The third kappa shape index (κ3) is 4.58. The van der Waals surface area contributed by atoms with Crippen LogP contribution >= 0.6 is 11.3 Å². The largest absolute Gasteiger partial charge is 0.481 e. The van der Waals surface area contributed by atoms with Gasteiger partial charge in [-0.05, 0) is 25.9 Å². The average molecular weight is 282 g/mol. The number of thiazole rings is 1. The lowest BCUT2D eigenvalue weighted by atomic mass is 10.1. The van der Waals surface area contributed by atoms with E-state index in [2.05, 4.69) is 16.8 Å². The molecule has 19 heavy (non-hydrogen) atoms. The van der Waals surface area contributed by atoms with Crippen molar-refractivity contribution in [2.45, 2.75) is 44.9 Å². The fraction of sp³-hybridized carbons (Fsp3) is 0.714. The number of hydrogen-bond acceptors (Lipinski definition) is 4. The summed E-state index contributed by atoms with van der Waals surface area (Å²) in [6.45, 7) is 5.61. The van der Waals surface area contributed by atoms with Crippen molar-refractivity contribution in [1.29, 1.82) is 0 Å². The summed E-state index contributed by atoms with van der Waals surface area (Å²) in [5.41, 5.74) is 0.690. The summed E-state index contributed by atoms with van der Waals surface area (Å²) in [6.07, 6.45) is 5.34. The van der Waals surface area contributed by atoms with Gasteiger partial charge in [-0.2, -0.15) is 0 Å². The molecule has 1 aliphatic heterocycles. The molecular weight excluding hydrogens is 260 g/mol. The van der Waals surface area contributed by atoms with Crippen molar-refractivity contribution in [1.82, 2.24) is 9.88 Å². The SMILES string of the molecule is CC(CN1CCCCCC1)c1nc(CC(=O)O)cs1. The van der Waals surface area contributed by atoms with Gasteiger partial charge in [-0.1, -0.05) is 19.8 Å². The second-order valence-corrected chi connectivity index (χ2v) is 6.25. The number of likely N-dealkylation sites (tertiary alicyclic amines) is 1. The van der Waals surface area contributed by atoms with Crippen LogP contribution in [0.2, 0.25) is 0 Å². The Morgan fingerprint density at radius 2 is 2.11 bits per heavy atom. The third-order valence-electron chi connectivity index (χ3n) is 3.55. The first-order chi connectivity index (χ1) is 9.15. The monoisotopic (exact) mass is 282 g/mol. The van der Waals surface area contributed by atoms with E-state index in [1.807, 2.05) is 5.38 Å². The molecule has 1 fully saturated rings. The van der Waals surface area contributed by atoms with Crippen LogP contribution in [0.15, 0.2) is 5.38 Å². The van der Waals surface area contributed by atoms with Crippen molar-refractivity contribution in [3.63, 3.8) is 0 Å². The lowest BCUT2D eigenvalue weighted by Gasteiger charge is -2.22. The molecule has 0 amide bonds. The highest BCUT2D eigenvalue weighted by atomic mass is 32.1. The molecule has 1 unspecified atom stereocenters. The molecule has 5 heteroatoms. The van der Waals surface area contributed by atoms with E-state index in [0.29, 0.717) is 11.6 Å². The van der Waals surface area contributed by atoms with Crippen molar-refractivity contribution in [2.75, 3.05) is 19.6 Å². The zero-order chi connectivity index (χ0) is 13.7. The first-order valence-electron chi connectivity index (χ1n) is 7.03. The van der Waals surface area contributed by atoms with Gasteiger partial charge in [0.1, 0.15) is 0 Å². The second-order valence-electron chi connectivity index (χ2n) is 5.36. The van der Waals surface area contributed by atoms with Crippen LogP contribution in [0.1, 0.15) is 49.2 Å². The van der Waals surface area contributed by atoms with E-state index in [-0.39, 0.29) is 6.42 Å². The Morgan fingerprint density at radius 1 is 1.42 bits per heavy atom. The Bertz CT molecular complexity index is 411. The number of carboxylic acids is 1. The van der Waals surface area contributed by atoms with Gasteiger partial charge in [0, 0.05) is 17.8 Å². The van der Waals surface area contributed by atoms with Crippen LogP contribution in [0.3, 0.4) is 0 Å². The van der Waals surface area contributed by atoms with Crippen molar-refractivity contribution in [3.05, 3.63) is 16.1 Å². The fourth-order valence-corrected chi connectivity index (χ4v) is 3.44. The minimum atomic E-state index is -0.808. The van der Waals surface area contributed by atoms with E-state index in [0.717, 1.165) is 11.6 Å².